The summed E-state index contributed by atoms with van der Waals surface area (Å²) in [7, 11) is 1.65. The van der Waals surface area contributed by atoms with E-state index in [1.807, 2.05) is 32.0 Å². The van der Waals surface area contributed by atoms with Gasteiger partial charge in [-0.25, -0.2) is 9.37 Å². The molecule has 1 aliphatic carbocycles. The van der Waals surface area contributed by atoms with Gasteiger partial charge in [0.05, 0.1) is 23.9 Å². The average Bonchev–Trinajstić information content (AvgIpc) is 3.55. The number of halogens is 2. The second-order valence-corrected chi connectivity index (χ2v) is 10.6. The van der Waals surface area contributed by atoms with Gasteiger partial charge in [0.15, 0.2) is 5.13 Å². The molecule has 0 spiro atoms. The van der Waals surface area contributed by atoms with Gasteiger partial charge in [0, 0.05) is 17.0 Å². The summed E-state index contributed by atoms with van der Waals surface area (Å²) in [5.74, 6) is 1.45. The Hall–Kier alpha value is -2.11. The van der Waals surface area contributed by atoms with E-state index in [0.717, 1.165) is 63.4 Å². The summed E-state index contributed by atoms with van der Waals surface area (Å²) in [6, 6.07) is 9.67. The number of aromatic nitrogens is 1. The Morgan fingerprint density at radius 2 is 1.94 bits per heavy atom. The fourth-order valence-electron chi connectivity index (χ4n) is 4.43. The summed E-state index contributed by atoms with van der Waals surface area (Å²) in [5.41, 5.74) is 4.55. The largest absolute Gasteiger partial charge is 0.496 e. The van der Waals surface area contributed by atoms with E-state index in [2.05, 4.69) is 24.8 Å². The van der Waals surface area contributed by atoms with Crippen molar-refractivity contribution in [3.8, 4) is 17.0 Å². The second kappa shape index (κ2) is 10.0. The molecule has 3 aromatic rings. The molecule has 1 saturated carbocycles. The maximum atomic E-state index is 14.5. The van der Waals surface area contributed by atoms with Crippen molar-refractivity contribution in [2.45, 2.75) is 59.4 Å². The quantitative estimate of drug-likeness (QED) is 0.304. The summed E-state index contributed by atoms with van der Waals surface area (Å²) in [5, 5.41) is 1.59. The van der Waals surface area contributed by atoms with Crippen molar-refractivity contribution in [3.63, 3.8) is 0 Å². The molecule has 0 N–H and O–H groups in total. The van der Waals surface area contributed by atoms with E-state index in [0.29, 0.717) is 10.6 Å². The van der Waals surface area contributed by atoms with Gasteiger partial charge in [-0.1, -0.05) is 36.6 Å². The van der Waals surface area contributed by atoms with Gasteiger partial charge in [-0.2, -0.15) is 0 Å². The van der Waals surface area contributed by atoms with Crippen molar-refractivity contribution in [3.05, 3.63) is 62.7 Å². The smallest absolute Gasteiger partial charge is 0.186 e. The first-order valence-corrected chi connectivity index (χ1v) is 12.9. The Kier molecular flexibility index (Phi) is 7.30. The number of aryl methyl sites for hydroxylation is 3. The van der Waals surface area contributed by atoms with Gasteiger partial charge < -0.3 is 9.64 Å². The van der Waals surface area contributed by atoms with Crippen LogP contribution in [-0.2, 0) is 0 Å². The van der Waals surface area contributed by atoms with E-state index in [-0.39, 0.29) is 11.9 Å². The fourth-order valence-corrected chi connectivity index (χ4v) is 5.71. The van der Waals surface area contributed by atoms with Crippen LogP contribution in [0.1, 0.15) is 60.2 Å². The standard InChI is InChI=1S/C27H32ClFN2OS/c1-6-31(24(12-10-19-8-9-19)20-11-7-16(2)23(29)14-20)27-30-26(18(4)33-27)21-13-17(3)25(32-5)15-22(21)28/h7,11,13-15,19,24H,6,8-10,12H2,1-5H3/t24-/m0/s1. The van der Waals surface area contributed by atoms with Gasteiger partial charge in [-0.15, -0.1) is 11.3 Å². The van der Waals surface area contributed by atoms with E-state index in [1.54, 1.807) is 24.5 Å². The van der Waals surface area contributed by atoms with Crippen molar-refractivity contribution in [2.75, 3.05) is 18.6 Å². The zero-order valence-electron chi connectivity index (χ0n) is 20.0. The van der Waals surface area contributed by atoms with Gasteiger partial charge in [0.1, 0.15) is 11.6 Å². The van der Waals surface area contributed by atoms with Gasteiger partial charge >= 0.3 is 0 Å². The molecule has 0 aliphatic heterocycles. The number of benzene rings is 2. The van der Waals surface area contributed by atoms with E-state index in [9.17, 15) is 4.39 Å². The molecule has 176 valence electrons. The Morgan fingerprint density at radius 3 is 2.58 bits per heavy atom. The number of thiazole rings is 1. The summed E-state index contributed by atoms with van der Waals surface area (Å²) < 4.78 is 19.9. The lowest BCUT2D eigenvalue weighted by atomic mass is 9.98. The highest BCUT2D eigenvalue weighted by molar-refractivity contribution is 7.16. The number of nitrogens with zero attached hydrogens (tertiary/aromatic N) is 2. The summed E-state index contributed by atoms with van der Waals surface area (Å²) in [4.78, 5) is 8.51. The zero-order chi connectivity index (χ0) is 23.7. The predicted octanol–water partition coefficient (Wildman–Crippen LogP) is 8.29. The molecule has 1 aliphatic rings. The second-order valence-electron chi connectivity index (χ2n) is 9.03. The van der Waals surface area contributed by atoms with Crippen LogP contribution in [0.4, 0.5) is 9.52 Å². The van der Waals surface area contributed by atoms with E-state index in [4.69, 9.17) is 21.3 Å². The highest BCUT2D eigenvalue weighted by atomic mass is 35.5. The highest BCUT2D eigenvalue weighted by Gasteiger charge is 2.28. The van der Waals surface area contributed by atoms with E-state index >= 15 is 0 Å². The van der Waals surface area contributed by atoms with Crippen molar-refractivity contribution < 1.29 is 9.13 Å². The molecule has 3 nitrogen and oxygen atoms in total. The SMILES string of the molecule is CCN(c1nc(-c2cc(C)c(OC)cc2Cl)c(C)s1)[C@@H](CCC1CC1)c1ccc(C)c(F)c1. The molecular formula is C27H32ClFN2OS. The van der Waals surface area contributed by atoms with Crippen LogP contribution in [0.25, 0.3) is 11.3 Å². The molecule has 1 fully saturated rings. The van der Waals surface area contributed by atoms with Crippen molar-refractivity contribution >= 4 is 28.1 Å². The number of methoxy groups -OCH3 is 1. The Morgan fingerprint density at radius 1 is 1.18 bits per heavy atom. The van der Waals surface area contributed by atoms with Crippen LogP contribution in [0.5, 0.6) is 5.75 Å². The molecule has 1 heterocycles. The minimum Gasteiger partial charge on any atom is -0.496 e. The van der Waals surface area contributed by atoms with Crippen LogP contribution in [-0.4, -0.2) is 18.6 Å². The van der Waals surface area contributed by atoms with Gasteiger partial charge in [-0.3, -0.25) is 0 Å². The molecule has 0 amide bonds. The number of hydrogen-bond donors (Lipinski definition) is 0. The third-order valence-corrected chi connectivity index (χ3v) is 7.93. The van der Waals surface area contributed by atoms with E-state index in [1.165, 1.54) is 12.8 Å². The van der Waals surface area contributed by atoms with Crippen LogP contribution in [0, 0.1) is 32.5 Å². The van der Waals surface area contributed by atoms with Crippen LogP contribution < -0.4 is 9.64 Å². The average molecular weight is 487 g/mol. The Balaban J connectivity index is 1.72. The molecule has 1 atom stereocenters. The first-order chi connectivity index (χ1) is 15.8. The lowest BCUT2D eigenvalue weighted by Gasteiger charge is -2.31. The predicted molar refractivity (Wildman–Crippen MR) is 137 cm³/mol. The number of anilines is 1. The summed E-state index contributed by atoms with van der Waals surface area (Å²) in [6.07, 6.45) is 4.79. The third kappa shape index (κ3) is 5.20. The minimum atomic E-state index is -0.142. The van der Waals surface area contributed by atoms with Gasteiger partial charge in [0.25, 0.3) is 0 Å². The summed E-state index contributed by atoms with van der Waals surface area (Å²) in [6.45, 7) is 8.86. The molecule has 33 heavy (non-hydrogen) atoms. The normalized spacial score (nSPS) is 14.4. The molecule has 1 aromatic heterocycles. The summed E-state index contributed by atoms with van der Waals surface area (Å²) >= 11 is 8.30. The minimum absolute atomic E-state index is 0.0946. The van der Waals surface area contributed by atoms with Crippen molar-refractivity contribution in [1.29, 1.82) is 0 Å². The topological polar surface area (TPSA) is 25.4 Å². The monoisotopic (exact) mass is 486 g/mol. The van der Waals surface area contributed by atoms with Crippen molar-refractivity contribution in [2.24, 2.45) is 5.92 Å². The van der Waals surface area contributed by atoms with Gasteiger partial charge in [-0.05, 0) is 81.3 Å². The van der Waals surface area contributed by atoms with Gasteiger partial charge in [0.2, 0.25) is 0 Å². The molecule has 0 bridgehead atoms. The lowest BCUT2D eigenvalue weighted by molar-refractivity contribution is 0.412. The fraction of sp³-hybridized carbons (Fsp3) is 0.444. The maximum absolute atomic E-state index is 14.5. The highest BCUT2D eigenvalue weighted by Crippen LogP contribution is 2.43. The molecule has 2 aromatic carbocycles. The first kappa shape index (κ1) is 24.0. The molecule has 0 unspecified atom stereocenters. The van der Waals surface area contributed by atoms with Crippen LogP contribution in [0.2, 0.25) is 5.02 Å². The van der Waals surface area contributed by atoms with Crippen LogP contribution in [0.15, 0.2) is 30.3 Å². The van der Waals surface area contributed by atoms with Crippen LogP contribution >= 0.6 is 22.9 Å². The number of rotatable bonds is 9. The van der Waals surface area contributed by atoms with Crippen LogP contribution in [0.3, 0.4) is 0 Å². The zero-order valence-corrected chi connectivity index (χ0v) is 21.6. The number of ether oxygens (including phenoxy) is 1. The molecular weight excluding hydrogens is 455 g/mol. The lowest BCUT2D eigenvalue weighted by Crippen LogP contribution is -2.28. The number of hydrogen-bond acceptors (Lipinski definition) is 4. The molecule has 4 rings (SSSR count). The molecule has 0 radical (unpaired) electrons. The Bertz CT molecular complexity index is 1140. The molecule has 6 heteroatoms. The van der Waals surface area contributed by atoms with E-state index < -0.39 is 0 Å². The third-order valence-electron chi connectivity index (χ3n) is 6.61. The first-order valence-electron chi connectivity index (χ1n) is 11.7. The molecule has 0 saturated heterocycles. The Labute approximate surface area is 205 Å². The maximum Gasteiger partial charge on any atom is 0.186 e. The van der Waals surface area contributed by atoms with Crippen molar-refractivity contribution in [1.82, 2.24) is 4.98 Å².